The predicted molar refractivity (Wildman–Crippen MR) is 58.9 cm³/mol. The second kappa shape index (κ2) is 4.45. The van der Waals surface area contributed by atoms with Crippen molar-refractivity contribution in [3.05, 3.63) is 0 Å². The van der Waals surface area contributed by atoms with Gasteiger partial charge in [-0.1, -0.05) is 34.1 Å². The first kappa shape index (κ1) is 11.0. The van der Waals surface area contributed by atoms with Crippen molar-refractivity contribution in [1.82, 2.24) is 4.90 Å². The van der Waals surface area contributed by atoms with E-state index in [0.717, 1.165) is 5.92 Å². The Balaban J connectivity index is 2.37. The minimum Gasteiger partial charge on any atom is -0.303 e. The lowest BCUT2D eigenvalue weighted by atomic mass is 9.80. The fourth-order valence-corrected chi connectivity index (χ4v) is 1.88. The van der Waals surface area contributed by atoms with Gasteiger partial charge in [0.2, 0.25) is 0 Å². The number of nitrogens with zero attached hydrogens (tertiary/aromatic N) is 1. The molecule has 0 unspecified atom stereocenters. The van der Waals surface area contributed by atoms with Crippen LogP contribution in [-0.4, -0.2) is 24.5 Å². The number of hydrogen-bond donors (Lipinski definition) is 0. The first-order chi connectivity index (χ1) is 6.02. The standard InChI is InChI=1S/C12H25N/c1-11(2)12(3,4)10-13-8-6-5-7-9-13/h11H,5-10H2,1-4H3. The van der Waals surface area contributed by atoms with Gasteiger partial charge >= 0.3 is 0 Å². The molecule has 78 valence electrons. The Morgan fingerprint density at radius 3 is 2.08 bits per heavy atom. The van der Waals surface area contributed by atoms with E-state index < -0.39 is 0 Å². The molecule has 13 heavy (non-hydrogen) atoms. The van der Waals surface area contributed by atoms with Crippen molar-refractivity contribution in [2.24, 2.45) is 11.3 Å². The lowest BCUT2D eigenvalue weighted by Gasteiger charge is -2.37. The molecule has 0 radical (unpaired) electrons. The summed E-state index contributed by atoms with van der Waals surface area (Å²) in [4.78, 5) is 2.64. The van der Waals surface area contributed by atoms with E-state index in [-0.39, 0.29) is 0 Å². The SMILES string of the molecule is CC(C)C(C)(C)CN1CCCCC1. The third-order valence-electron chi connectivity index (χ3n) is 3.64. The second-order valence-electron chi connectivity index (χ2n) is 5.48. The van der Waals surface area contributed by atoms with Gasteiger partial charge in [0.15, 0.2) is 0 Å². The van der Waals surface area contributed by atoms with Crippen molar-refractivity contribution in [3.8, 4) is 0 Å². The van der Waals surface area contributed by atoms with Crippen LogP contribution < -0.4 is 0 Å². The molecule has 0 aromatic carbocycles. The molecule has 0 spiro atoms. The van der Waals surface area contributed by atoms with Gasteiger partial charge in [0.05, 0.1) is 0 Å². The monoisotopic (exact) mass is 183 g/mol. The molecule has 1 rings (SSSR count). The number of hydrogen-bond acceptors (Lipinski definition) is 1. The van der Waals surface area contributed by atoms with Crippen molar-refractivity contribution in [2.75, 3.05) is 19.6 Å². The number of piperidine rings is 1. The summed E-state index contributed by atoms with van der Waals surface area (Å²) in [5.74, 6) is 0.787. The molecule has 0 amide bonds. The van der Waals surface area contributed by atoms with Gasteiger partial charge in [0.1, 0.15) is 0 Å². The van der Waals surface area contributed by atoms with Gasteiger partial charge in [-0.2, -0.15) is 0 Å². The molecule has 1 heterocycles. The molecule has 0 saturated carbocycles. The molecule has 0 aromatic rings. The molecular weight excluding hydrogens is 158 g/mol. The molecule has 1 nitrogen and oxygen atoms in total. The zero-order chi connectivity index (χ0) is 9.90. The first-order valence-electron chi connectivity index (χ1n) is 5.75. The highest BCUT2D eigenvalue weighted by atomic mass is 15.1. The molecular formula is C12H25N. The third-order valence-corrected chi connectivity index (χ3v) is 3.64. The van der Waals surface area contributed by atoms with Crippen LogP contribution in [0.15, 0.2) is 0 Å². The lowest BCUT2D eigenvalue weighted by molar-refractivity contribution is 0.117. The highest BCUT2D eigenvalue weighted by molar-refractivity contribution is 4.78. The molecule has 0 aromatic heterocycles. The minimum atomic E-state index is 0.483. The molecule has 1 fully saturated rings. The smallest absolute Gasteiger partial charge is 0.00351 e. The fourth-order valence-electron chi connectivity index (χ4n) is 1.88. The molecule has 0 bridgehead atoms. The maximum Gasteiger partial charge on any atom is 0.00351 e. The maximum absolute atomic E-state index is 2.64. The summed E-state index contributed by atoms with van der Waals surface area (Å²) in [7, 11) is 0. The van der Waals surface area contributed by atoms with E-state index in [1.165, 1.54) is 38.9 Å². The van der Waals surface area contributed by atoms with E-state index in [0.29, 0.717) is 5.41 Å². The number of likely N-dealkylation sites (tertiary alicyclic amines) is 1. The Hall–Kier alpha value is -0.0400. The maximum atomic E-state index is 2.64. The molecule has 1 aliphatic heterocycles. The van der Waals surface area contributed by atoms with Crippen LogP contribution in [0.2, 0.25) is 0 Å². The summed E-state index contributed by atoms with van der Waals surface area (Å²) in [5, 5.41) is 0. The summed E-state index contributed by atoms with van der Waals surface area (Å²) >= 11 is 0. The van der Waals surface area contributed by atoms with Gasteiger partial charge in [-0.25, -0.2) is 0 Å². The van der Waals surface area contributed by atoms with Crippen molar-refractivity contribution in [1.29, 1.82) is 0 Å². The van der Waals surface area contributed by atoms with E-state index in [1.54, 1.807) is 0 Å². The zero-order valence-electron chi connectivity index (χ0n) is 9.77. The third kappa shape index (κ3) is 3.30. The Morgan fingerprint density at radius 2 is 1.62 bits per heavy atom. The van der Waals surface area contributed by atoms with E-state index in [1.807, 2.05) is 0 Å². The average molecular weight is 183 g/mol. The second-order valence-corrected chi connectivity index (χ2v) is 5.48. The molecule has 0 N–H and O–H groups in total. The lowest BCUT2D eigenvalue weighted by Crippen LogP contribution is -2.40. The molecule has 1 aliphatic rings. The Morgan fingerprint density at radius 1 is 1.08 bits per heavy atom. The van der Waals surface area contributed by atoms with E-state index in [2.05, 4.69) is 32.6 Å². The van der Waals surface area contributed by atoms with Crippen LogP contribution >= 0.6 is 0 Å². The van der Waals surface area contributed by atoms with Crippen molar-refractivity contribution in [3.63, 3.8) is 0 Å². The quantitative estimate of drug-likeness (QED) is 0.649. The fraction of sp³-hybridized carbons (Fsp3) is 1.00. The Kier molecular flexibility index (Phi) is 3.78. The van der Waals surface area contributed by atoms with Crippen molar-refractivity contribution < 1.29 is 0 Å². The van der Waals surface area contributed by atoms with Crippen molar-refractivity contribution >= 4 is 0 Å². The summed E-state index contributed by atoms with van der Waals surface area (Å²) in [6, 6.07) is 0. The topological polar surface area (TPSA) is 3.24 Å². The summed E-state index contributed by atoms with van der Waals surface area (Å²) < 4.78 is 0. The number of rotatable bonds is 3. The van der Waals surface area contributed by atoms with Gasteiger partial charge in [-0.05, 0) is 37.3 Å². The normalized spacial score (nSPS) is 21.0. The Bertz CT molecular complexity index is 143. The van der Waals surface area contributed by atoms with Crippen LogP contribution in [0, 0.1) is 11.3 Å². The van der Waals surface area contributed by atoms with Crippen LogP contribution in [0.25, 0.3) is 0 Å². The minimum absolute atomic E-state index is 0.483. The van der Waals surface area contributed by atoms with Gasteiger partial charge < -0.3 is 4.90 Å². The summed E-state index contributed by atoms with van der Waals surface area (Å²) in [5.41, 5.74) is 0.483. The summed E-state index contributed by atoms with van der Waals surface area (Å²) in [6.07, 6.45) is 4.26. The summed E-state index contributed by atoms with van der Waals surface area (Å²) in [6.45, 7) is 13.4. The van der Waals surface area contributed by atoms with Gasteiger partial charge in [-0.3, -0.25) is 0 Å². The van der Waals surface area contributed by atoms with E-state index >= 15 is 0 Å². The van der Waals surface area contributed by atoms with Crippen LogP contribution in [0.5, 0.6) is 0 Å². The Labute approximate surface area is 83.5 Å². The highest BCUT2D eigenvalue weighted by Gasteiger charge is 2.25. The molecule has 0 aliphatic carbocycles. The van der Waals surface area contributed by atoms with E-state index in [4.69, 9.17) is 0 Å². The predicted octanol–water partition coefficient (Wildman–Crippen LogP) is 3.15. The van der Waals surface area contributed by atoms with Gasteiger partial charge in [0, 0.05) is 6.54 Å². The van der Waals surface area contributed by atoms with Gasteiger partial charge in [0.25, 0.3) is 0 Å². The van der Waals surface area contributed by atoms with Crippen LogP contribution in [0.3, 0.4) is 0 Å². The van der Waals surface area contributed by atoms with Crippen LogP contribution in [-0.2, 0) is 0 Å². The van der Waals surface area contributed by atoms with Crippen LogP contribution in [0.4, 0.5) is 0 Å². The van der Waals surface area contributed by atoms with Gasteiger partial charge in [-0.15, -0.1) is 0 Å². The molecule has 0 atom stereocenters. The van der Waals surface area contributed by atoms with Crippen molar-refractivity contribution in [2.45, 2.75) is 47.0 Å². The molecule has 1 saturated heterocycles. The largest absolute Gasteiger partial charge is 0.303 e. The van der Waals surface area contributed by atoms with E-state index in [9.17, 15) is 0 Å². The first-order valence-corrected chi connectivity index (χ1v) is 5.75. The van der Waals surface area contributed by atoms with Crippen LogP contribution in [0.1, 0.15) is 47.0 Å². The molecule has 1 heteroatoms. The zero-order valence-corrected chi connectivity index (χ0v) is 9.77. The highest BCUT2D eigenvalue weighted by Crippen LogP contribution is 2.28. The average Bonchev–Trinajstić information content (AvgIpc) is 2.05.